The minimum Gasteiger partial charge on any atom is -0.394 e. The smallest absolute Gasteiger partial charge is 0.220 e. The number of aliphatic hydroxyl groups is 2. The van der Waals surface area contributed by atoms with E-state index in [2.05, 4.69) is 67.8 Å². The van der Waals surface area contributed by atoms with E-state index in [9.17, 15) is 15.0 Å². The Labute approximate surface area is 368 Å². The molecule has 3 N–H and O–H groups in total. The third kappa shape index (κ3) is 47.0. The van der Waals surface area contributed by atoms with Crippen molar-refractivity contribution in [2.45, 2.75) is 276 Å². The lowest BCUT2D eigenvalue weighted by molar-refractivity contribution is -0.123. The largest absolute Gasteiger partial charge is 0.394 e. The summed E-state index contributed by atoms with van der Waals surface area (Å²) < 4.78 is 0. The van der Waals surface area contributed by atoms with Crippen molar-refractivity contribution in [1.82, 2.24) is 5.32 Å². The summed E-state index contributed by atoms with van der Waals surface area (Å²) in [4.78, 5) is 12.4. The van der Waals surface area contributed by atoms with Crippen LogP contribution in [0.15, 0.2) is 60.8 Å². The summed E-state index contributed by atoms with van der Waals surface area (Å²) in [5, 5.41) is 23.1. The molecular formula is C55H101NO3. The lowest BCUT2D eigenvalue weighted by atomic mass is 10.0. The minimum atomic E-state index is -0.867. The normalized spacial score (nSPS) is 13.4. The van der Waals surface area contributed by atoms with Crippen LogP contribution in [-0.2, 0) is 4.79 Å². The van der Waals surface area contributed by atoms with Gasteiger partial charge in [0.15, 0.2) is 0 Å². The van der Waals surface area contributed by atoms with E-state index in [4.69, 9.17) is 0 Å². The molecule has 0 bridgehead atoms. The molecule has 0 aliphatic heterocycles. The second-order valence-corrected chi connectivity index (χ2v) is 17.6. The first-order chi connectivity index (χ1) is 29.2. The summed E-state index contributed by atoms with van der Waals surface area (Å²) in [5.74, 6) is -0.0775. The van der Waals surface area contributed by atoms with Crippen LogP contribution in [0.5, 0.6) is 0 Å². The van der Waals surface area contributed by atoms with E-state index in [-0.39, 0.29) is 12.5 Å². The van der Waals surface area contributed by atoms with Crippen molar-refractivity contribution < 1.29 is 15.0 Å². The first-order valence-corrected chi connectivity index (χ1v) is 26.0. The van der Waals surface area contributed by atoms with E-state index in [0.29, 0.717) is 6.42 Å². The van der Waals surface area contributed by atoms with Crippen molar-refractivity contribution in [3.05, 3.63) is 60.8 Å². The van der Waals surface area contributed by atoms with Crippen LogP contribution in [-0.4, -0.2) is 34.9 Å². The van der Waals surface area contributed by atoms with Gasteiger partial charge in [0.25, 0.3) is 0 Å². The average Bonchev–Trinajstić information content (AvgIpc) is 3.24. The number of allylic oxidation sites excluding steroid dienone is 9. The second kappa shape index (κ2) is 50.4. The maximum Gasteiger partial charge on any atom is 0.220 e. The fraction of sp³-hybridized carbons (Fsp3) is 0.800. The molecule has 0 spiro atoms. The molecule has 59 heavy (non-hydrogen) atoms. The number of aliphatic hydroxyl groups excluding tert-OH is 2. The SMILES string of the molecule is CCCCCCC/C=C\C/C=C\C/C=C\CCCCCCCCCCCCC(=O)NC(CO)C(O)/C=C/CC/C=C/CCCCCCCCCCCCCCCCCC. The Kier molecular flexibility index (Phi) is 48.8. The number of unbranched alkanes of at least 4 members (excludes halogenated alkanes) is 32. The Morgan fingerprint density at radius 2 is 0.712 bits per heavy atom. The van der Waals surface area contributed by atoms with Crippen LogP contribution in [0.4, 0.5) is 0 Å². The molecule has 0 rings (SSSR count). The maximum atomic E-state index is 12.4. The molecule has 2 unspecified atom stereocenters. The molecule has 344 valence electrons. The fourth-order valence-corrected chi connectivity index (χ4v) is 7.73. The number of nitrogens with one attached hydrogen (secondary N) is 1. The van der Waals surface area contributed by atoms with Crippen molar-refractivity contribution in [3.63, 3.8) is 0 Å². The Balaban J connectivity index is 3.58. The Morgan fingerprint density at radius 1 is 0.407 bits per heavy atom. The zero-order valence-corrected chi connectivity index (χ0v) is 39.5. The minimum absolute atomic E-state index is 0.0775. The molecule has 0 aliphatic rings. The first-order valence-electron chi connectivity index (χ1n) is 26.0. The summed E-state index contributed by atoms with van der Waals surface area (Å²) in [6, 6.07) is -0.644. The molecular weight excluding hydrogens is 723 g/mol. The topological polar surface area (TPSA) is 69.6 Å². The lowest BCUT2D eigenvalue weighted by Crippen LogP contribution is -2.45. The van der Waals surface area contributed by atoms with E-state index >= 15 is 0 Å². The zero-order chi connectivity index (χ0) is 42.8. The number of hydrogen-bond acceptors (Lipinski definition) is 3. The Bertz CT molecular complexity index is 981. The summed E-state index contributed by atoms with van der Waals surface area (Å²) >= 11 is 0. The van der Waals surface area contributed by atoms with Crippen LogP contribution >= 0.6 is 0 Å². The Morgan fingerprint density at radius 3 is 1.10 bits per heavy atom. The highest BCUT2D eigenvalue weighted by Crippen LogP contribution is 2.15. The molecule has 0 heterocycles. The van der Waals surface area contributed by atoms with Crippen molar-refractivity contribution in [3.8, 4) is 0 Å². The highest BCUT2D eigenvalue weighted by Gasteiger charge is 2.17. The predicted molar refractivity (Wildman–Crippen MR) is 262 cm³/mol. The van der Waals surface area contributed by atoms with Crippen molar-refractivity contribution in [2.75, 3.05) is 6.61 Å². The van der Waals surface area contributed by atoms with Crippen molar-refractivity contribution in [2.24, 2.45) is 0 Å². The van der Waals surface area contributed by atoms with Gasteiger partial charge in [-0.15, -0.1) is 0 Å². The average molecular weight is 824 g/mol. The quantitative estimate of drug-likeness (QED) is 0.0423. The van der Waals surface area contributed by atoms with Crippen molar-refractivity contribution in [1.29, 1.82) is 0 Å². The van der Waals surface area contributed by atoms with Gasteiger partial charge in [-0.05, 0) is 70.6 Å². The molecule has 0 aromatic heterocycles. The number of hydrogen-bond donors (Lipinski definition) is 3. The van der Waals surface area contributed by atoms with Crippen molar-refractivity contribution >= 4 is 5.91 Å². The molecule has 0 aliphatic carbocycles. The molecule has 1 amide bonds. The van der Waals surface area contributed by atoms with E-state index in [0.717, 1.165) is 44.9 Å². The Hall–Kier alpha value is -1.91. The van der Waals surface area contributed by atoms with Gasteiger partial charge in [0.2, 0.25) is 5.91 Å². The molecule has 0 saturated heterocycles. The third-order valence-electron chi connectivity index (χ3n) is 11.7. The molecule has 0 fully saturated rings. The molecule has 4 nitrogen and oxygen atoms in total. The van der Waals surface area contributed by atoms with Crippen LogP contribution < -0.4 is 5.32 Å². The van der Waals surface area contributed by atoms with Crippen LogP contribution in [0.3, 0.4) is 0 Å². The summed E-state index contributed by atoms with van der Waals surface area (Å²) in [6.07, 6.45) is 70.7. The van der Waals surface area contributed by atoms with Crippen LogP contribution in [0, 0.1) is 0 Å². The number of carbonyl (C=O) groups is 1. The molecule has 2 atom stereocenters. The third-order valence-corrected chi connectivity index (χ3v) is 11.7. The van der Waals surface area contributed by atoms with E-state index in [1.807, 2.05) is 6.08 Å². The summed E-state index contributed by atoms with van der Waals surface area (Å²) in [6.45, 7) is 4.30. The van der Waals surface area contributed by atoms with E-state index in [1.54, 1.807) is 6.08 Å². The first kappa shape index (κ1) is 57.1. The van der Waals surface area contributed by atoms with Gasteiger partial charge < -0.3 is 15.5 Å². The summed E-state index contributed by atoms with van der Waals surface area (Å²) in [5.41, 5.74) is 0. The molecule has 0 radical (unpaired) electrons. The van der Waals surface area contributed by atoms with Crippen LogP contribution in [0.1, 0.15) is 264 Å². The highest BCUT2D eigenvalue weighted by molar-refractivity contribution is 5.76. The van der Waals surface area contributed by atoms with Crippen LogP contribution in [0.2, 0.25) is 0 Å². The van der Waals surface area contributed by atoms with Gasteiger partial charge >= 0.3 is 0 Å². The molecule has 0 saturated carbocycles. The molecule has 4 heteroatoms. The standard InChI is InChI=1S/C55H101NO3/c1-3-5-7-9-11-13-15-17-19-21-23-25-27-28-29-31-33-35-37-39-41-43-45-47-49-51-55(59)56-53(52-57)54(58)50-48-46-44-42-40-38-36-34-32-30-26-24-22-20-18-16-14-12-10-8-6-4-2/h15,17,21,23,27-28,40,42,48,50,53-54,57-58H,3-14,16,18-20,22,24-26,29-39,41,43-47,49,51-52H2,1-2H3,(H,56,59)/b17-15-,23-21-,28-27-,42-40+,50-48+. The van der Waals surface area contributed by atoms with Gasteiger partial charge in [0.05, 0.1) is 18.8 Å². The molecule has 0 aromatic rings. The zero-order valence-electron chi connectivity index (χ0n) is 39.5. The van der Waals surface area contributed by atoms with Gasteiger partial charge in [-0.3, -0.25) is 4.79 Å². The number of amides is 1. The predicted octanol–water partition coefficient (Wildman–Crippen LogP) is 16.9. The number of rotatable bonds is 47. The maximum absolute atomic E-state index is 12.4. The van der Waals surface area contributed by atoms with Gasteiger partial charge in [0.1, 0.15) is 0 Å². The van der Waals surface area contributed by atoms with E-state index < -0.39 is 12.1 Å². The van der Waals surface area contributed by atoms with E-state index in [1.165, 1.54) is 199 Å². The van der Waals surface area contributed by atoms with Gasteiger partial charge in [-0.1, -0.05) is 248 Å². The van der Waals surface area contributed by atoms with Gasteiger partial charge in [-0.2, -0.15) is 0 Å². The number of carbonyl (C=O) groups excluding carboxylic acids is 1. The fourth-order valence-electron chi connectivity index (χ4n) is 7.73. The second-order valence-electron chi connectivity index (χ2n) is 17.6. The summed E-state index contributed by atoms with van der Waals surface area (Å²) in [7, 11) is 0. The monoisotopic (exact) mass is 824 g/mol. The molecule has 0 aromatic carbocycles. The van der Waals surface area contributed by atoms with Crippen LogP contribution in [0.25, 0.3) is 0 Å². The lowest BCUT2D eigenvalue weighted by Gasteiger charge is -2.19. The van der Waals surface area contributed by atoms with Gasteiger partial charge in [0, 0.05) is 6.42 Å². The highest BCUT2D eigenvalue weighted by atomic mass is 16.3. The van der Waals surface area contributed by atoms with Gasteiger partial charge in [-0.25, -0.2) is 0 Å².